The molecule has 96 valence electrons. The Hall–Kier alpha value is -0.955. The van der Waals surface area contributed by atoms with Crippen LogP contribution in [0.4, 0.5) is 0 Å². The quantitative estimate of drug-likeness (QED) is 0.753. The van der Waals surface area contributed by atoms with Crippen molar-refractivity contribution in [3.8, 4) is 5.75 Å². The molecule has 0 radical (unpaired) electrons. The molecule has 1 aromatic carbocycles. The third-order valence-electron chi connectivity index (χ3n) is 4.43. The summed E-state index contributed by atoms with van der Waals surface area (Å²) in [6, 6.07) is 4.47. The summed E-state index contributed by atoms with van der Waals surface area (Å²) in [5.74, 6) is 1.12. The van der Waals surface area contributed by atoms with Crippen LogP contribution in [0.1, 0.15) is 23.6 Å². The highest BCUT2D eigenvalue weighted by atomic mass is 16.5. The number of rotatable bonds is 3. The monoisotopic (exact) mass is 243 g/mol. The molecule has 2 nitrogen and oxygen atoms in total. The summed E-state index contributed by atoms with van der Waals surface area (Å²) in [5.41, 5.74) is 4.50. The molecule has 3 rings (SSSR count). The number of likely N-dealkylation sites (N-methyl/N-ethyl adjacent to an activating group) is 1. The largest absolute Gasteiger partial charge is 0.487 e. The number of fused-ring (bicyclic) bond motifs is 1. The second-order valence-corrected chi connectivity index (χ2v) is 5.63. The van der Waals surface area contributed by atoms with Crippen LogP contribution in [-0.2, 0) is 12.7 Å². The van der Waals surface area contributed by atoms with Crippen molar-refractivity contribution in [1.82, 2.24) is 4.90 Å². The highest BCUT2D eigenvalue weighted by molar-refractivity contribution is 6.35. The first-order valence-electron chi connectivity index (χ1n) is 7.28. The topological polar surface area (TPSA) is 12.5 Å². The Balaban J connectivity index is 1.73. The van der Waals surface area contributed by atoms with Gasteiger partial charge in [-0.1, -0.05) is 25.6 Å². The van der Waals surface area contributed by atoms with Crippen LogP contribution >= 0.6 is 0 Å². The average Bonchev–Trinajstić information content (AvgIpc) is 2.36. The molecule has 0 atom stereocenters. The SMILES string of the molecule is CCN1CC(Oc2ccc3c(c2C)CBCC3)C1. The molecule has 0 spiro atoms. The van der Waals surface area contributed by atoms with Gasteiger partial charge in [-0.05, 0) is 42.6 Å². The van der Waals surface area contributed by atoms with E-state index in [-0.39, 0.29) is 0 Å². The minimum atomic E-state index is 0.408. The molecule has 0 aliphatic carbocycles. The number of aryl methyl sites for hydroxylation is 1. The third kappa shape index (κ3) is 2.16. The molecule has 2 heterocycles. The summed E-state index contributed by atoms with van der Waals surface area (Å²) < 4.78 is 6.14. The molecule has 0 N–H and O–H groups in total. The maximum atomic E-state index is 6.14. The molecule has 2 aliphatic heterocycles. The zero-order valence-corrected chi connectivity index (χ0v) is 11.5. The van der Waals surface area contributed by atoms with Gasteiger partial charge in [0, 0.05) is 13.1 Å². The Morgan fingerprint density at radius 3 is 3.00 bits per heavy atom. The van der Waals surface area contributed by atoms with Crippen molar-refractivity contribution >= 4 is 7.28 Å². The van der Waals surface area contributed by atoms with Crippen LogP contribution in [0.2, 0.25) is 6.32 Å². The summed E-state index contributed by atoms with van der Waals surface area (Å²) in [5, 5.41) is 0. The molecule has 1 fully saturated rings. The van der Waals surface area contributed by atoms with Gasteiger partial charge in [0.1, 0.15) is 19.1 Å². The molecular weight excluding hydrogens is 221 g/mol. The zero-order valence-electron chi connectivity index (χ0n) is 11.5. The standard InChI is InChI=1S/C15H22BNO/c1-3-17-9-13(10-17)18-15-5-4-12-6-7-16-8-14(12)11(15)2/h4-5,13,16H,3,6-10H2,1-2H3. The molecule has 3 heteroatoms. The van der Waals surface area contributed by atoms with Crippen LogP contribution in [0.25, 0.3) is 0 Å². The molecule has 18 heavy (non-hydrogen) atoms. The van der Waals surface area contributed by atoms with Crippen LogP contribution in [0, 0.1) is 6.92 Å². The molecule has 0 bridgehead atoms. The minimum absolute atomic E-state index is 0.408. The highest BCUT2D eigenvalue weighted by Crippen LogP contribution is 2.30. The molecule has 0 aromatic heterocycles. The van der Waals surface area contributed by atoms with E-state index in [2.05, 4.69) is 30.9 Å². The fourth-order valence-electron chi connectivity index (χ4n) is 3.15. The van der Waals surface area contributed by atoms with Crippen LogP contribution in [0.15, 0.2) is 12.1 Å². The van der Waals surface area contributed by atoms with Gasteiger partial charge in [0.15, 0.2) is 0 Å². The van der Waals surface area contributed by atoms with Crippen molar-refractivity contribution in [1.29, 1.82) is 0 Å². The van der Waals surface area contributed by atoms with E-state index in [1.54, 1.807) is 11.1 Å². The predicted molar refractivity (Wildman–Crippen MR) is 77.1 cm³/mol. The minimum Gasteiger partial charge on any atom is -0.487 e. The normalized spacial score (nSPS) is 19.9. The molecule has 2 aliphatic rings. The van der Waals surface area contributed by atoms with Gasteiger partial charge >= 0.3 is 0 Å². The van der Waals surface area contributed by atoms with Gasteiger partial charge in [0.25, 0.3) is 0 Å². The van der Waals surface area contributed by atoms with Crippen molar-refractivity contribution < 1.29 is 4.74 Å². The van der Waals surface area contributed by atoms with E-state index in [9.17, 15) is 0 Å². The zero-order chi connectivity index (χ0) is 12.5. The number of benzene rings is 1. The van der Waals surface area contributed by atoms with E-state index >= 15 is 0 Å². The molecule has 0 saturated carbocycles. The smallest absolute Gasteiger partial charge is 0.126 e. The number of hydrogen-bond acceptors (Lipinski definition) is 2. The number of nitrogens with zero attached hydrogens (tertiary/aromatic N) is 1. The Morgan fingerprint density at radius 2 is 2.22 bits per heavy atom. The van der Waals surface area contributed by atoms with Crippen molar-refractivity contribution in [3.63, 3.8) is 0 Å². The fourth-order valence-corrected chi connectivity index (χ4v) is 3.15. The van der Waals surface area contributed by atoms with Crippen LogP contribution in [0.3, 0.4) is 0 Å². The summed E-state index contributed by atoms with van der Waals surface area (Å²) >= 11 is 0. The number of hydrogen-bond donors (Lipinski definition) is 0. The van der Waals surface area contributed by atoms with E-state index in [4.69, 9.17) is 4.74 Å². The van der Waals surface area contributed by atoms with Gasteiger partial charge in [0.05, 0.1) is 0 Å². The molecule has 0 amide bonds. The lowest BCUT2D eigenvalue weighted by atomic mass is 9.61. The number of ether oxygens (including phenoxy) is 1. The van der Waals surface area contributed by atoms with Crippen molar-refractivity contribution in [3.05, 3.63) is 28.8 Å². The molecule has 0 unspecified atom stereocenters. The maximum Gasteiger partial charge on any atom is 0.126 e. The lowest BCUT2D eigenvalue weighted by molar-refractivity contribution is 0.0233. The van der Waals surface area contributed by atoms with Crippen molar-refractivity contribution in [2.24, 2.45) is 0 Å². The summed E-state index contributed by atoms with van der Waals surface area (Å²) in [6.07, 6.45) is 4.25. The number of likely N-dealkylation sites (tertiary alicyclic amines) is 1. The molecular formula is C15H22BNO. The van der Waals surface area contributed by atoms with Gasteiger partial charge in [-0.25, -0.2) is 0 Å². The van der Waals surface area contributed by atoms with Gasteiger partial charge in [-0.15, -0.1) is 0 Å². The third-order valence-corrected chi connectivity index (χ3v) is 4.43. The average molecular weight is 243 g/mol. The van der Waals surface area contributed by atoms with Crippen LogP contribution in [-0.4, -0.2) is 37.9 Å². The predicted octanol–water partition coefficient (Wildman–Crippen LogP) is 1.99. The molecule has 1 aromatic rings. The molecule has 1 saturated heterocycles. The first-order chi connectivity index (χ1) is 8.78. The van der Waals surface area contributed by atoms with Gasteiger partial charge < -0.3 is 4.74 Å². The summed E-state index contributed by atoms with van der Waals surface area (Å²) in [4.78, 5) is 2.42. The maximum absolute atomic E-state index is 6.14. The first kappa shape index (κ1) is 12.1. The van der Waals surface area contributed by atoms with E-state index in [1.807, 2.05) is 0 Å². The van der Waals surface area contributed by atoms with Gasteiger partial charge in [0.2, 0.25) is 0 Å². The van der Waals surface area contributed by atoms with Crippen LogP contribution < -0.4 is 4.74 Å². The van der Waals surface area contributed by atoms with Gasteiger partial charge in [-0.3, -0.25) is 4.90 Å². The Kier molecular flexibility index (Phi) is 3.34. The Morgan fingerprint density at radius 1 is 1.39 bits per heavy atom. The van der Waals surface area contributed by atoms with E-state index in [1.165, 1.54) is 31.9 Å². The highest BCUT2D eigenvalue weighted by Gasteiger charge is 2.27. The van der Waals surface area contributed by atoms with E-state index in [0.29, 0.717) is 6.10 Å². The first-order valence-corrected chi connectivity index (χ1v) is 7.28. The van der Waals surface area contributed by atoms with Crippen molar-refractivity contribution in [2.75, 3.05) is 19.6 Å². The van der Waals surface area contributed by atoms with E-state index in [0.717, 1.165) is 25.4 Å². The fraction of sp³-hybridized carbons (Fsp3) is 0.600. The Bertz CT molecular complexity index is 440. The lowest BCUT2D eigenvalue weighted by Crippen LogP contribution is -2.53. The van der Waals surface area contributed by atoms with Crippen molar-refractivity contribution in [2.45, 2.75) is 39.0 Å². The second kappa shape index (κ2) is 4.97. The summed E-state index contributed by atoms with van der Waals surface area (Å²) in [6.45, 7) is 7.76. The van der Waals surface area contributed by atoms with Gasteiger partial charge in [-0.2, -0.15) is 0 Å². The van der Waals surface area contributed by atoms with Crippen LogP contribution in [0.5, 0.6) is 5.75 Å². The summed E-state index contributed by atoms with van der Waals surface area (Å²) in [7, 11) is 1.34. The van der Waals surface area contributed by atoms with E-state index < -0.39 is 0 Å². The Labute approximate surface area is 111 Å². The second-order valence-electron chi connectivity index (χ2n) is 5.63. The lowest BCUT2D eigenvalue weighted by Gasteiger charge is -2.38.